The Morgan fingerprint density at radius 3 is 2.61 bits per heavy atom. The van der Waals surface area contributed by atoms with Gasteiger partial charge in [0.2, 0.25) is 0 Å². The molecule has 2 fully saturated rings. The topological polar surface area (TPSA) is 56.8 Å². The van der Waals surface area contributed by atoms with E-state index in [9.17, 15) is 0 Å². The van der Waals surface area contributed by atoms with Crippen molar-refractivity contribution in [3.63, 3.8) is 0 Å². The number of hydrogen-bond acceptors (Lipinski definition) is 4. The van der Waals surface area contributed by atoms with Gasteiger partial charge in [-0.25, -0.2) is 0 Å². The van der Waals surface area contributed by atoms with Gasteiger partial charge in [-0.3, -0.25) is 0 Å². The van der Waals surface area contributed by atoms with Gasteiger partial charge in [-0.2, -0.15) is 0 Å². The van der Waals surface area contributed by atoms with Crippen LogP contribution in [0, 0.1) is 11.8 Å². The summed E-state index contributed by atoms with van der Waals surface area (Å²) in [5, 5.41) is 13.6. The first-order valence-electron chi connectivity index (χ1n) is 8.24. The van der Waals surface area contributed by atoms with Crippen molar-refractivity contribution in [2.45, 2.75) is 0 Å². The molecule has 2 unspecified atom stereocenters. The van der Waals surface area contributed by atoms with Gasteiger partial charge in [-0.1, -0.05) is 6.07 Å². The summed E-state index contributed by atoms with van der Waals surface area (Å²) in [6.07, 6.45) is 1.96. The van der Waals surface area contributed by atoms with Crippen LogP contribution in [0.5, 0.6) is 0 Å². The van der Waals surface area contributed by atoms with Crippen molar-refractivity contribution in [1.82, 2.24) is 20.5 Å². The number of aromatic amines is 1. The van der Waals surface area contributed by atoms with E-state index in [-0.39, 0.29) is 0 Å². The molecule has 2 atom stereocenters. The molecule has 116 valence electrons. The molecule has 1 aromatic carbocycles. The average Bonchev–Trinajstić information content (AvgIpc) is 3.29. The number of anilines is 1. The molecule has 5 nitrogen and oxygen atoms in total. The molecule has 5 heteroatoms. The smallest absolute Gasteiger partial charge is 0.151 e. The SMILES string of the molecule is c1cc2cc(-c3ccc(N4CC5CNCC5C4)nn3)ccc2[nH]1. The molecular formula is C18H19N5. The third-order valence-electron chi connectivity index (χ3n) is 5.21. The number of hydrogen-bond donors (Lipinski definition) is 2. The quantitative estimate of drug-likeness (QED) is 0.762. The Morgan fingerprint density at radius 1 is 0.957 bits per heavy atom. The molecule has 4 heterocycles. The fourth-order valence-electron chi connectivity index (χ4n) is 3.90. The standard InChI is InChI=1S/C18H19N5/c1-2-16-13(5-6-20-16)7-12(1)17-3-4-18(22-21-17)23-10-14-8-19-9-15(14)11-23/h1-7,14-15,19-20H,8-11H2. The number of fused-ring (bicyclic) bond motifs is 2. The Balaban J connectivity index is 1.40. The van der Waals surface area contributed by atoms with Crippen LogP contribution in [0.2, 0.25) is 0 Å². The highest BCUT2D eigenvalue weighted by Crippen LogP contribution is 2.30. The molecule has 2 aliphatic rings. The lowest BCUT2D eigenvalue weighted by Crippen LogP contribution is -2.26. The van der Waals surface area contributed by atoms with Crippen molar-refractivity contribution in [2.75, 3.05) is 31.1 Å². The maximum atomic E-state index is 4.48. The molecule has 0 spiro atoms. The lowest BCUT2D eigenvalue weighted by Gasteiger charge is -2.17. The highest BCUT2D eigenvalue weighted by Gasteiger charge is 2.36. The Labute approximate surface area is 134 Å². The second-order valence-electron chi connectivity index (χ2n) is 6.64. The number of rotatable bonds is 2. The maximum absolute atomic E-state index is 4.48. The highest BCUT2D eigenvalue weighted by atomic mass is 15.3. The van der Waals surface area contributed by atoms with Crippen molar-refractivity contribution in [3.8, 4) is 11.3 Å². The molecule has 0 bridgehead atoms. The van der Waals surface area contributed by atoms with E-state index in [0.717, 1.165) is 60.6 Å². The fraction of sp³-hybridized carbons (Fsp3) is 0.333. The lowest BCUT2D eigenvalue weighted by atomic mass is 10.0. The molecule has 0 aliphatic carbocycles. The van der Waals surface area contributed by atoms with Gasteiger partial charge in [0.1, 0.15) is 0 Å². The molecular weight excluding hydrogens is 286 g/mol. The first-order chi connectivity index (χ1) is 11.4. The predicted molar refractivity (Wildman–Crippen MR) is 91.4 cm³/mol. The molecule has 0 amide bonds. The highest BCUT2D eigenvalue weighted by molar-refractivity contribution is 5.84. The van der Waals surface area contributed by atoms with Gasteiger partial charge >= 0.3 is 0 Å². The van der Waals surface area contributed by atoms with E-state index in [4.69, 9.17) is 0 Å². The van der Waals surface area contributed by atoms with E-state index in [1.807, 2.05) is 6.20 Å². The molecule has 3 aromatic rings. The molecule has 2 aromatic heterocycles. The normalized spacial score (nSPS) is 23.6. The summed E-state index contributed by atoms with van der Waals surface area (Å²) < 4.78 is 0. The Morgan fingerprint density at radius 2 is 1.83 bits per heavy atom. The van der Waals surface area contributed by atoms with Crippen molar-refractivity contribution in [2.24, 2.45) is 11.8 Å². The molecule has 2 saturated heterocycles. The molecule has 5 rings (SSSR count). The summed E-state index contributed by atoms with van der Waals surface area (Å²) in [7, 11) is 0. The van der Waals surface area contributed by atoms with Crippen LogP contribution >= 0.6 is 0 Å². The molecule has 2 N–H and O–H groups in total. The van der Waals surface area contributed by atoms with E-state index >= 15 is 0 Å². The van der Waals surface area contributed by atoms with Crippen molar-refractivity contribution >= 4 is 16.7 Å². The van der Waals surface area contributed by atoms with E-state index in [0.29, 0.717) is 0 Å². The molecule has 0 saturated carbocycles. The zero-order chi connectivity index (χ0) is 15.2. The first kappa shape index (κ1) is 13.1. The number of aromatic nitrogens is 3. The van der Waals surface area contributed by atoms with Crippen molar-refractivity contribution in [3.05, 3.63) is 42.6 Å². The number of H-pyrrole nitrogens is 1. The van der Waals surface area contributed by atoms with Crippen LogP contribution in [0.25, 0.3) is 22.2 Å². The summed E-state index contributed by atoms with van der Waals surface area (Å²) in [5.41, 5.74) is 3.19. The minimum absolute atomic E-state index is 0.771. The predicted octanol–water partition coefficient (Wildman–Crippen LogP) is 2.28. The van der Waals surface area contributed by atoms with E-state index in [2.05, 4.69) is 61.8 Å². The molecule has 23 heavy (non-hydrogen) atoms. The Kier molecular flexibility index (Phi) is 2.88. The monoisotopic (exact) mass is 305 g/mol. The van der Waals surface area contributed by atoms with Crippen LogP contribution < -0.4 is 10.2 Å². The zero-order valence-electron chi connectivity index (χ0n) is 12.9. The lowest BCUT2D eigenvalue weighted by molar-refractivity contribution is 0.533. The second-order valence-corrected chi connectivity index (χ2v) is 6.64. The van der Waals surface area contributed by atoms with Crippen molar-refractivity contribution in [1.29, 1.82) is 0 Å². The van der Waals surface area contributed by atoms with E-state index < -0.39 is 0 Å². The summed E-state index contributed by atoms with van der Waals surface area (Å²) in [4.78, 5) is 5.59. The maximum Gasteiger partial charge on any atom is 0.151 e. The Hall–Kier alpha value is -2.40. The van der Waals surface area contributed by atoms with Crippen molar-refractivity contribution < 1.29 is 0 Å². The number of nitrogens with one attached hydrogen (secondary N) is 2. The second kappa shape index (κ2) is 5.06. The van der Waals surface area contributed by atoms with Gasteiger partial charge in [0.15, 0.2) is 5.82 Å². The molecule has 2 aliphatic heterocycles. The van der Waals surface area contributed by atoms with Crippen LogP contribution in [0.15, 0.2) is 42.6 Å². The summed E-state index contributed by atoms with van der Waals surface area (Å²) in [6.45, 7) is 4.48. The fourth-order valence-corrected chi connectivity index (χ4v) is 3.90. The van der Waals surface area contributed by atoms with Crippen LogP contribution in [0.4, 0.5) is 5.82 Å². The van der Waals surface area contributed by atoms with Crippen LogP contribution in [0.1, 0.15) is 0 Å². The first-order valence-corrected chi connectivity index (χ1v) is 8.24. The molecule has 0 radical (unpaired) electrons. The Bertz CT molecular complexity index is 826. The van der Waals surface area contributed by atoms with Gasteiger partial charge in [0, 0.05) is 48.8 Å². The van der Waals surface area contributed by atoms with Gasteiger partial charge in [-0.05, 0) is 42.2 Å². The van der Waals surface area contributed by atoms with Gasteiger partial charge < -0.3 is 15.2 Å². The number of benzene rings is 1. The summed E-state index contributed by atoms with van der Waals surface area (Å²) in [6, 6.07) is 12.6. The summed E-state index contributed by atoms with van der Waals surface area (Å²) in [5.74, 6) is 2.55. The third-order valence-corrected chi connectivity index (χ3v) is 5.21. The van der Waals surface area contributed by atoms with Crippen LogP contribution in [-0.4, -0.2) is 41.4 Å². The minimum Gasteiger partial charge on any atom is -0.361 e. The van der Waals surface area contributed by atoms with Crippen LogP contribution in [-0.2, 0) is 0 Å². The zero-order valence-corrected chi connectivity index (χ0v) is 12.9. The van der Waals surface area contributed by atoms with Gasteiger partial charge in [0.05, 0.1) is 5.69 Å². The average molecular weight is 305 g/mol. The van der Waals surface area contributed by atoms with Gasteiger partial charge in [0.25, 0.3) is 0 Å². The van der Waals surface area contributed by atoms with Gasteiger partial charge in [-0.15, -0.1) is 10.2 Å². The summed E-state index contributed by atoms with van der Waals surface area (Å²) >= 11 is 0. The minimum atomic E-state index is 0.771. The van der Waals surface area contributed by atoms with E-state index in [1.165, 1.54) is 5.39 Å². The largest absolute Gasteiger partial charge is 0.361 e. The number of nitrogens with zero attached hydrogens (tertiary/aromatic N) is 3. The third kappa shape index (κ3) is 2.19. The van der Waals surface area contributed by atoms with E-state index in [1.54, 1.807) is 0 Å². The van der Waals surface area contributed by atoms with Crippen LogP contribution in [0.3, 0.4) is 0 Å².